The van der Waals surface area contributed by atoms with E-state index in [9.17, 15) is 0 Å². The second-order valence-electron chi connectivity index (χ2n) is 3.47. The SMILES string of the molecule is CN(C)CCCSNc1ccccc1. The molecule has 3 heteroatoms. The summed E-state index contributed by atoms with van der Waals surface area (Å²) in [5.74, 6) is 1.15. The molecule has 0 saturated carbocycles. The Balaban J connectivity index is 2.05. The number of anilines is 1. The lowest BCUT2D eigenvalue weighted by molar-refractivity contribution is 0.410. The van der Waals surface area contributed by atoms with Gasteiger partial charge in [-0.2, -0.15) is 0 Å². The highest BCUT2D eigenvalue weighted by atomic mass is 32.2. The summed E-state index contributed by atoms with van der Waals surface area (Å²) < 4.78 is 3.32. The molecule has 0 amide bonds. The summed E-state index contributed by atoms with van der Waals surface area (Å²) in [4.78, 5) is 2.21. The lowest BCUT2D eigenvalue weighted by Gasteiger charge is -2.09. The van der Waals surface area contributed by atoms with Gasteiger partial charge in [-0.3, -0.25) is 0 Å². The van der Waals surface area contributed by atoms with E-state index in [0.29, 0.717) is 0 Å². The quantitative estimate of drug-likeness (QED) is 0.574. The van der Waals surface area contributed by atoms with Crippen molar-refractivity contribution in [2.75, 3.05) is 31.1 Å². The smallest absolute Gasteiger partial charge is 0.0440 e. The van der Waals surface area contributed by atoms with Crippen molar-refractivity contribution in [2.45, 2.75) is 6.42 Å². The van der Waals surface area contributed by atoms with E-state index < -0.39 is 0 Å². The van der Waals surface area contributed by atoms with E-state index in [0.717, 1.165) is 12.3 Å². The number of hydrogen-bond donors (Lipinski definition) is 1. The van der Waals surface area contributed by atoms with Gasteiger partial charge in [0.25, 0.3) is 0 Å². The molecule has 2 nitrogen and oxygen atoms in total. The van der Waals surface area contributed by atoms with Crippen molar-refractivity contribution in [3.8, 4) is 0 Å². The van der Waals surface area contributed by atoms with Gasteiger partial charge in [-0.25, -0.2) is 0 Å². The van der Waals surface area contributed by atoms with Crippen LogP contribution in [0.25, 0.3) is 0 Å². The summed E-state index contributed by atoms with van der Waals surface area (Å²) >= 11 is 1.77. The third-order valence-electron chi connectivity index (χ3n) is 1.82. The number of hydrogen-bond acceptors (Lipinski definition) is 3. The van der Waals surface area contributed by atoms with Crippen molar-refractivity contribution in [3.63, 3.8) is 0 Å². The van der Waals surface area contributed by atoms with Crippen LogP contribution in [0, 0.1) is 0 Å². The molecule has 0 radical (unpaired) electrons. The number of nitrogens with one attached hydrogen (secondary N) is 1. The molecule has 1 aromatic carbocycles. The molecule has 0 aliphatic rings. The molecule has 0 spiro atoms. The molecular formula is C11H18N2S. The zero-order chi connectivity index (χ0) is 10.2. The summed E-state index contributed by atoms with van der Waals surface area (Å²) in [6, 6.07) is 10.3. The molecule has 0 aliphatic carbocycles. The van der Waals surface area contributed by atoms with Crippen LogP contribution >= 0.6 is 11.9 Å². The van der Waals surface area contributed by atoms with Crippen LogP contribution in [0.3, 0.4) is 0 Å². The predicted molar refractivity (Wildman–Crippen MR) is 65.7 cm³/mol. The predicted octanol–water partition coefficient (Wildman–Crippen LogP) is 2.70. The monoisotopic (exact) mass is 210 g/mol. The molecule has 78 valence electrons. The van der Waals surface area contributed by atoms with Crippen molar-refractivity contribution >= 4 is 17.6 Å². The Kier molecular flexibility index (Phi) is 5.49. The third-order valence-corrected chi connectivity index (χ3v) is 2.69. The molecule has 0 heterocycles. The van der Waals surface area contributed by atoms with Crippen molar-refractivity contribution in [1.82, 2.24) is 4.90 Å². The first-order valence-corrected chi connectivity index (χ1v) is 5.85. The Labute approximate surface area is 90.8 Å². The average molecular weight is 210 g/mol. The van der Waals surface area contributed by atoms with Gasteiger partial charge in [0.05, 0.1) is 0 Å². The van der Waals surface area contributed by atoms with Gasteiger partial charge in [-0.15, -0.1) is 0 Å². The van der Waals surface area contributed by atoms with E-state index in [1.807, 2.05) is 18.2 Å². The Morgan fingerprint density at radius 3 is 2.57 bits per heavy atom. The van der Waals surface area contributed by atoms with Gasteiger partial charge < -0.3 is 9.62 Å². The van der Waals surface area contributed by atoms with Gasteiger partial charge >= 0.3 is 0 Å². The maximum Gasteiger partial charge on any atom is 0.0440 e. The standard InChI is InChI=1S/C11H18N2S/c1-13(2)9-6-10-14-12-11-7-4-3-5-8-11/h3-5,7-8,12H,6,9-10H2,1-2H3. The molecule has 0 aromatic heterocycles. The van der Waals surface area contributed by atoms with Gasteiger partial charge in [0.15, 0.2) is 0 Å². The maximum absolute atomic E-state index is 3.32. The van der Waals surface area contributed by atoms with Gasteiger partial charge in [-0.05, 0) is 39.2 Å². The zero-order valence-corrected chi connectivity index (χ0v) is 9.68. The molecule has 0 saturated heterocycles. The van der Waals surface area contributed by atoms with Crippen LogP contribution in [-0.2, 0) is 0 Å². The minimum absolute atomic E-state index is 1.15. The number of rotatable bonds is 6. The van der Waals surface area contributed by atoms with Crippen molar-refractivity contribution < 1.29 is 0 Å². The first-order chi connectivity index (χ1) is 6.79. The van der Waals surface area contributed by atoms with Crippen molar-refractivity contribution in [3.05, 3.63) is 30.3 Å². The van der Waals surface area contributed by atoms with E-state index in [4.69, 9.17) is 0 Å². The first kappa shape index (κ1) is 11.4. The van der Waals surface area contributed by atoms with Crippen molar-refractivity contribution in [1.29, 1.82) is 0 Å². The number of para-hydroxylation sites is 1. The minimum Gasteiger partial charge on any atom is -0.330 e. The second-order valence-corrected chi connectivity index (χ2v) is 4.37. The maximum atomic E-state index is 3.32. The third kappa shape index (κ3) is 5.14. The number of nitrogens with zero attached hydrogens (tertiary/aromatic N) is 1. The van der Waals surface area contributed by atoms with E-state index in [1.54, 1.807) is 11.9 Å². The molecule has 0 aliphatic heterocycles. The van der Waals surface area contributed by atoms with Gasteiger partial charge in [0.1, 0.15) is 0 Å². The topological polar surface area (TPSA) is 15.3 Å². The van der Waals surface area contributed by atoms with Crippen molar-refractivity contribution in [2.24, 2.45) is 0 Å². The fraction of sp³-hybridized carbons (Fsp3) is 0.455. The van der Waals surface area contributed by atoms with E-state index in [2.05, 4.69) is 35.9 Å². The summed E-state index contributed by atoms with van der Waals surface area (Å²) in [6.45, 7) is 1.16. The molecule has 0 fully saturated rings. The van der Waals surface area contributed by atoms with Crippen LogP contribution in [0.5, 0.6) is 0 Å². The molecule has 0 bridgehead atoms. The Hall–Kier alpha value is -0.670. The van der Waals surface area contributed by atoms with Crippen LogP contribution in [0.15, 0.2) is 30.3 Å². The fourth-order valence-electron chi connectivity index (χ4n) is 1.09. The second kappa shape index (κ2) is 6.74. The summed E-state index contributed by atoms with van der Waals surface area (Å²) in [6.07, 6.45) is 1.22. The molecule has 0 unspecified atom stereocenters. The molecule has 1 aromatic rings. The molecule has 0 atom stereocenters. The number of benzene rings is 1. The summed E-state index contributed by atoms with van der Waals surface area (Å²) in [7, 11) is 4.21. The molecule has 1 rings (SSSR count). The van der Waals surface area contributed by atoms with E-state index in [-0.39, 0.29) is 0 Å². The highest BCUT2D eigenvalue weighted by molar-refractivity contribution is 8.00. The summed E-state index contributed by atoms with van der Waals surface area (Å²) in [5.41, 5.74) is 1.18. The van der Waals surface area contributed by atoms with Crippen LogP contribution in [-0.4, -0.2) is 31.3 Å². The largest absolute Gasteiger partial charge is 0.330 e. The van der Waals surface area contributed by atoms with Crippen LogP contribution in [0.2, 0.25) is 0 Å². The Morgan fingerprint density at radius 1 is 1.21 bits per heavy atom. The minimum atomic E-state index is 1.15. The van der Waals surface area contributed by atoms with Crippen LogP contribution < -0.4 is 4.72 Å². The van der Waals surface area contributed by atoms with Gasteiger partial charge in [-0.1, -0.05) is 30.1 Å². The molecule has 14 heavy (non-hydrogen) atoms. The van der Waals surface area contributed by atoms with E-state index in [1.165, 1.54) is 12.1 Å². The lowest BCUT2D eigenvalue weighted by Crippen LogP contribution is -2.13. The Bertz CT molecular complexity index is 236. The molecule has 1 N–H and O–H groups in total. The van der Waals surface area contributed by atoms with Crippen LogP contribution in [0.4, 0.5) is 5.69 Å². The molecular weight excluding hydrogens is 192 g/mol. The Morgan fingerprint density at radius 2 is 1.93 bits per heavy atom. The average Bonchev–Trinajstić information content (AvgIpc) is 2.18. The highest BCUT2D eigenvalue weighted by Gasteiger charge is 1.92. The highest BCUT2D eigenvalue weighted by Crippen LogP contribution is 2.11. The fourth-order valence-corrected chi connectivity index (χ4v) is 1.77. The summed E-state index contributed by atoms with van der Waals surface area (Å²) in [5, 5.41) is 0. The normalized spacial score (nSPS) is 10.5. The lowest BCUT2D eigenvalue weighted by atomic mass is 10.3. The first-order valence-electron chi connectivity index (χ1n) is 4.86. The van der Waals surface area contributed by atoms with E-state index >= 15 is 0 Å². The van der Waals surface area contributed by atoms with Gasteiger partial charge in [0, 0.05) is 11.4 Å². The zero-order valence-electron chi connectivity index (χ0n) is 8.86. The van der Waals surface area contributed by atoms with Gasteiger partial charge in [0.2, 0.25) is 0 Å². The van der Waals surface area contributed by atoms with Crippen LogP contribution in [0.1, 0.15) is 6.42 Å².